The molecule has 1 aliphatic heterocycles. The van der Waals surface area contributed by atoms with Crippen LogP contribution in [0.1, 0.15) is 47.1 Å². The van der Waals surface area contributed by atoms with Crippen molar-refractivity contribution in [2.75, 3.05) is 13.1 Å². The highest BCUT2D eigenvalue weighted by molar-refractivity contribution is 5.44. The van der Waals surface area contributed by atoms with Gasteiger partial charge in [-0.15, -0.1) is 0 Å². The Balaban J connectivity index is 2.08. The highest BCUT2D eigenvalue weighted by Crippen LogP contribution is 2.26. The number of benzene rings is 1. The maximum atomic E-state index is 3.45. The summed E-state index contributed by atoms with van der Waals surface area (Å²) in [6.07, 6.45) is 5.36. The lowest BCUT2D eigenvalue weighted by molar-refractivity contribution is 0.354. The minimum atomic E-state index is 0.936. The third-order valence-corrected chi connectivity index (χ3v) is 4.78. The van der Waals surface area contributed by atoms with Gasteiger partial charge in [-0.25, -0.2) is 0 Å². The number of hydrogen-bond donors (Lipinski definition) is 1. The van der Waals surface area contributed by atoms with Crippen molar-refractivity contribution in [3.05, 3.63) is 33.9 Å². The second kappa shape index (κ2) is 5.88. The predicted molar refractivity (Wildman–Crippen MR) is 79.3 cm³/mol. The van der Waals surface area contributed by atoms with Gasteiger partial charge in [-0.1, -0.05) is 6.07 Å². The molecule has 1 aromatic carbocycles. The van der Waals surface area contributed by atoms with E-state index in [0.29, 0.717) is 0 Å². The van der Waals surface area contributed by atoms with Gasteiger partial charge in [-0.3, -0.25) is 0 Å². The van der Waals surface area contributed by atoms with Crippen molar-refractivity contribution in [2.24, 2.45) is 5.92 Å². The topological polar surface area (TPSA) is 12.0 Å². The van der Waals surface area contributed by atoms with Crippen LogP contribution in [0.2, 0.25) is 0 Å². The first kappa shape index (κ1) is 13.6. The minimum absolute atomic E-state index is 0.936. The average Bonchev–Trinajstić information content (AvgIpc) is 2.38. The second-order valence-electron chi connectivity index (χ2n) is 5.97. The molecular weight excluding hydrogens is 218 g/mol. The highest BCUT2D eigenvalue weighted by Gasteiger charge is 2.15. The Morgan fingerprint density at radius 2 is 1.56 bits per heavy atom. The van der Waals surface area contributed by atoms with E-state index in [0.717, 1.165) is 5.92 Å². The minimum Gasteiger partial charge on any atom is -0.317 e. The summed E-state index contributed by atoms with van der Waals surface area (Å²) < 4.78 is 0. The van der Waals surface area contributed by atoms with Gasteiger partial charge in [0.05, 0.1) is 0 Å². The van der Waals surface area contributed by atoms with Crippen LogP contribution in [0.3, 0.4) is 0 Å². The summed E-state index contributed by atoms with van der Waals surface area (Å²) in [6.45, 7) is 11.5. The fourth-order valence-corrected chi connectivity index (χ4v) is 3.19. The Kier molecular flexibility index (Phi) is 4.45. The van der Waals surface area contributed by atoms with E-state index in [2.05, 4.69) is 39.1 Å². The lowest BCUT2D eigenvalue weighted by atomic mass is 9.86. The Hall–Kier alpha value is -0.820. The number of hydrogen-bond acceptors (Lipinski definition) is 1. The summed E-state index contributed by atoms with van der Waals surface area (Å²) in [6, 6.07) is 2.33. The van der Waals surface area contributed by atoms with Crippen LogP contribution in [0.15, 0.2) is 6.07 Å². The quantitative estimate of drug-likeness (QED) is 0.853. The summed E-state index contributed by atoms with van der Waals surface area (Å²) in [7, 11) is 0. The van der Waals surface area contributed by atoms with Crippen molar-refractivity contribution in [3.8, 4) is 0 Å². The molecule has 1 heteroatoms. The normalized spacial score (nSPS) is 17.1. The van der Waals surface area contributed by atoms with Crippen molar-refractivity contribution in [1.82, 2.24) is 5.32 Å². The second-order valence-corrected chi connectivity index (χ2v) is 5.97. The van der Waals surface area contributed by atoms with Crippen molar-refractivity contribution < 1.29 is 0 Å². The summed E-state index contributed by atoms with van der Waals surface area (Å²) in [4.78, 5) is 0. The molecule has 100 valence electrons. The zero-order valence-corrected chi connectivity index (χ0v) is 12.4. The molecule has 2 rings (SSSR count). The number of nitrogens with one attached hydrogen (secondary N) is 1. The van der Waals surface area contributed by atoms with Crippen molar-refractivity contribution in [3.63, 3.8) is 0 Å². The fraction of sp³-hybridized carbons (Fsp3) is 0.647. The van der Waals surface area contributed by atoms with Crippen LogP contribution in [0.5, 0.6) is 0 Å². The standard InChI is InChI=1S/C17H27N/c1-12-11-13(2)15(4)17(14(12)3)6-5-16-7-9-18-10-8-16/h11,16,18H,5-10H2,1-4H3. The number of piperidine rings is 1. The average molecular weight is 245 g/mol. The Bertz CT molecular complexity index is 388. The van der Waals surface area contributed by atoms with E-state index in [-0.39, 0.29) is 0 Å². The third kappa shape index (κ3) is 2.95. The van der Waals surface area contributed by atoms with Gasteiger partial charge in [-0.2, -0.15) is 0 Å². The van der Waals surface area contributed by atoms with Crippen LogP contribution in [0.25, 0.3) is 0 Å². The van der Waals surface area contributed by atoms with Crippen molar-refractivity contribution >= 4 is 0 Å². The summed E-state index contributed by atoms with van der Waals surface area (Å²) in [5.74, 6) is 0.936. The summed E-state index contributed by atoms with van der Waals surface area (Å²) in [5.41, 5.74) is 7.57. The molecule has 0 unspecified atom stereocenters. The molecule has 0 amide bonds. The molecule has 1 aliphatic rings. The van der Waals surface area contributed by atoms with Gasteiger partial charge in [0.1, 0.15) is 0 Å². The highest BCUT2D eigenvalue weighted by atomic mass is 14.9. The molecule has 0 aliphatic carbocycles. The lowest BCUT2D eigenvalue weighted by Gasteiger charge is -2.23. The van der Waals surface area contributed by atoms with Crippen LogP contribution in [0.4, 0.5) is 0 Å². The van der Waals surface area contributed by atoms with Crippen LogP contribution < -0.4 is 5.32 Å². The predicted octanol–water partition coefficient (Wildman–Crippen LogP) is 3.85. The van der Waals surface area contributed by atoms with Crippen LogP contribution in [-0.2, 0) is 6.42 Å². The Morgan fingerprint density at radius 3 is 2.11 bits per heavy atom. The van der Waals surface area contributed by atoms with Gasteiger partial charge in [0.15, 0.2) is 0 Å². The molecule has 0 spiro atoms. The van der Waals surface area contributed by atoms with E-state index in [1.807, 2.05) is 0 Å². The summed E-state index contributed by atoms with van der Waals surface area (Å²) >= 11 is 0. The molecule has 18 heavy (non-hydrogen) atoms. The SMILES string of the molecule is Cc1cc(C)c(C)c(CCC2CCNCC2)c1C. The zero-order valence-electron chi connectivity index (χ0n) is 12.4. The van der Waals surface area contributed by atoms with E-state index in [1.165, 1.54) is 61.0 Å². The fourth-order valence-electron chi connectivity index (χ4n) is 3.19. The molecule has 1 aromatic rings. The van der Waals surface area contributed by atoms with E-state index in [4.69, 9.17) is 0 Å². The van der Waals surface area contributed by atoms with Gasteiger partial charge < -0.3 is 5.32 Å². The maximum absolute atomic E-state index is 3.45. The number of aryl methyl sites for hydroxylation is 2. The van der Waals surface area contributed by atoms with E-state index in [9.17, 15) is 0 Å². The van der Waals surface area contributed by atoms with Crippen LogP contribution >= 0.6 is 0 Å². The summed E-state index contributed by atoms with van der Waals surface area (Å²) in [5, 5.41) is 3.45. The van der Waals surface area contributed by atoms with Gasteiger partial charge in [-0.05, 0) is 100 Å². The molecule has 1 nitrogen and oxygen atoms in total. The third-order valence-electron chi connectivity index (χ3n) is 4.78. The van der Waals surface area contributed by atoms with E-state index < -0.39 is 0 Å². The van der Waals surface area contributed by atoms with E-state index >= 15 is 0 Å². The molecule has 0 aromatic heterocycles. The lowest BCUT2D eigenvalue weighted by Crippen LogP contribution is -2.28. The molecule has 0 bridgehead atoms. The first-order chi connectivity index (χ1) is 8.59. The number of rotatable bonds is 3. The molecule has 0 atom stereocenters. The first-order valence-electron chi connectivity index (χ1n) is 7.36. The van der Waals surface area contributed by atoms with Gasteiger partial charge >= 0.3 is 0 Å². The van der Waals surface area contributed by atoms with Crippen molar-refractivity contribution in [2.45, 2.75) is 53.4 Å². The van der Waals surface area contributed by atoms with Crippen LogP contribution in [-0.4, -0.2) is 13.1 Å². The van der Waals surface area contributed by atoms with Crippen molar-refractivity contribution in [1.29, 1.82) is 0 Å². The molecule has 1 fully saturated rings. The monoisotopic (exact) mass is 245 g/mol. The van der Waals surface area contributed by atoms with Gasteiger partial charge in [0.2, 0.25) is 0 Å². The smallest absolute Gasteiger partial charge is 0.00463 e. The molecule has 1 saturated heterocycles. The first-order valence-corrected chi connectivity index (χ1v) is 7.36. The molecule has 1 heterocycles. The molecule has 0 radical (unpaired) electrons. The molecule has 1 N–H and O–H groups in total. The van der Waals surface area contributed by atoms with Crippen LogP contribution in [0, 0.1) is 33.6 Å². The maximum Gasteiger partial charge on any atom is -0.00463 e. The zero-order chi connectivity index (χ0) is 13.1. The van der Waals surface area contributed by atoms with E-state index in [1.54, 1.807) is 5.56 Å². The molecule has 0 saturated carbocycles. The van der Waals surface area contributed by atoms with Gasteiger partial charge in [0, 0.05) is 0 Å². The largest absolute Gasteiger partial charge is 0.317 e. The molecular formula is C17H27N. The van der Waals surface area contributed by atoms with Gasteiger partial charge in [0.25, 0.3) is 0 Å². The Labute approximate surface area is 112 Å². The Morgan fingerprint density at radius 1 is 1.00 bits per heavy atom.